The van der Waals surface area contributed by atoms with Crippen molar-refractivity contribution in [3.8, 4) is 16.9 Å². The maximum absolute atomic E-state index is 12.4. The quantitative estimate of drug-likeness (QED) is 0.430. The van der Waals surface area contributed by atoms with Gasteiger partial charge in [-0.25, -0.2) is 4.68 Å². The van der Waals surface area contributed by atoms with Crippen LogP contribution in [-0.4, -0.2) is 20.9 Å². The third-order valence-electron chi connectivity index (χ3n) is 4.32. The van der Waals surface area contributed by atoms with E-state index in [1.807, 2.05) is 48.7 Å². The topological polar surface area (TPSA) is 70.2 Å². The van der Waals surface area contributed by atoms with Gasteiger partial charge in [0.1, 0.15) is 18.1 Å². The van der Waals surface area contributed by atoms with Crippen molar-refractivity contribution < 1.29 is 14.1 Å². The molecule has 7 heteroatoms. The minimum absolute atomic E-state index is 0.0687. The van der Waals surface area contributed by atoms with Crippen molar-refractivity contribution >= 4 is 17.6 Å². The summed E-state index contributed by atoms with van der Waals surface area (Å²) in [5.41, 5.74) is 3.82. The number of halogens is 1. The molecule has 0 spiro atoms. The van der Waals surface area contributed by atoms with E-state index in [0.29, 0.717) is 22.2 Å². The Morgan fingerprint density at radius 2 is 1.90 bits per heavy atom. The van der Waals surface area contributed by atoms with Crippen LogP contribution in [-0.2, 0) is 22.6 Å². The van der Waals surface area contributed by atoms with Crippen molar-refractivity contribution in [3.63, 3.8) is 0 Å². The van der Waals surface area contributed by atoms with Gasteiger partial charge in [0, 0.05) is 28.4 Å². The van der Waals surface area contributed by atoms with Gasteiger partial charge >= 0.3 is 5.97 Å². The summed E-state index contributed by atoms with van der Waals surface area (Å²) in [5, 5.41) is 9.16. The van der Waals surface area contributed by atoms with E-state index in [-0.39, 0.29) is 19.0 Å². The van der Waals surface area contributed by atoms with Crippen LogP contribution in [0.2, 0.25) is 5.02 Å². The number of aromatic nitrogens is 3. The number of hydrogen-bond acceptors (Lipinski definition) is 5. The molecule has 0 fully saturated rings. The third-order valence-corrected chi connectivity index (χ3v) is 4.57. The molecule has 2 heterocycles. The smallest absolute Gasteiger partial charge is 0.310 e. The van der Waals surface area contributed by atoms with Gasteiger partial charge in [0.15, 0.2) is 0 Å². The van der Waals surface area contributed by atoms with Crippen molar-refractivity contribution in [2.45, 2.75) is 20.0 Å². The largest absolute Gasteiger partial charge is 0.459 e. The first kappa shape index (κ1) is 19.0. The van der Waals surface area contributed by atoms with E-state index in [4.69, 9.17) is 26.0 Å². The summed E-state index contributed by atoms with van der Waals surface area (Å²) in [6, 6.07) is 18.8. The first-order valence-electron chi connectivity index (χ1n) is 9.06. The molecule has 0 unspecified atom stereocenters. The third kappa shape index (κ3) is 4.55. The van der Waals surface area contributed by atoms with Crippen molar-refractivity contribution in [1.82, 2.24) is 14.9 Å². The molecule has 6 nitrogen and oxygen atoms in total. The van der Waals surface area contributed by atoms with Gasteiger partial charge in [-0.1, -0.05) is 47.1 Å². The fourth-order valence-electron chi connectivity index (χ4n) is 2.95. The minimum atomic E-state index is -0.367. The molecule has 0 saturated heterocycles. The zero-order valence-electron chi connectivity index (χ0n) is 15.7. The molecule has 146 valence electrons. The lowest BCUT2D eigenvalue weighted by molar-refractivity contribution is -0.144. The predicted molar refractivity (Wildman–Crippen MR) is 109 cm³/mol. The lowest BCUT2D eigenvalue weighted by Crippen LogP contribution is -2.08. The summed E-state index contributed by atoms with van der Waals surface area (Å²) in [7, 11) is 0. The highest BCUT2D eigenvalue weighted by Crippen LogP contribution is 2.26. The summed E-state index contributed by atoms with van der Waals surface area (Å²) in [6.07, 6.45) is 1.93. The molecule has 0 aliphatic heterocycles. The van der Waals surface area contributed by atoms with Crippen LogP contribution < -0.4 is 0 Å². The van der Waals surface area contributed by atoms with Gasteiger partial charge in [-0.2, -0.15) is 5.10 Å². The Bertz CT molecular complexity index is 1120. The van der Waals surface area contributed by atoms with Crippen LogP contribution in [0.3, 0.4) is 0 Å². The zero-order chi connectivity index (χ0) is 20.2. The van der Waals surface area contributed by atoms with E-state index in [2.05, 4.69) is 5.16 Å². The van der Waals surface area contributed by atoms with Gasteiger partial charge in [0.25, 0.3) is 0 Å². The molecular formula is C22H18ClN3O3. The fourth-order valence-corrected chi connectivity index (χ4v) is 3.08. The van der Waals surface area contributed by atoms with Crippen LogP contribution >= 0.6 is 11.6 Å². The van der Waals surface area contributed by atoms with E-state index < -0.39 is 0 Å². The molecule has 0 aliphatic carbocycles. The number of rotatable bonds is 6. The van der Waals surface area contributed by atoms with Crippen LogP contribution in [0.25, 0.3) is 16.9 Å². The molecule has 0 bridgehead atoms. The minimum Gasteiger partial charge on any atom is -0.459 e. The molecular weight excluding hydrogens is 390 g/mol. The molecule has 4 aromatic rings. The molecule has 0 saturated carbocycles. The number of esters is 1. The van der Waals surface area contributed by atoms with Crippen molar-refractivity contribution in [2.75, 3.05) is 0 Å². The SMILES string of the molecule is Cc1cc(COC(=O)Cc2cn(-c3ccccc3)nc2-c2ccc(Cl)cc2)no1. The molecule has 0 aliphatic rings. The normalized spacial score (nSPS) is 10.8. The maximum Gasteiger partial charge on any atom is 0.310 e. The van der Waals surface area contributed by atoms with Crippen LogP contribution in [0, 0.1) is 6.92 Å². The summed E-state index contributed by atoms with van der Waals surface area (Å²) in [4.78, 5) is 12.4. The monoisotopic (exact) mass is 407 g/mol. The molecule has 0 amide bonds. The summed E-state index contributed by atoms with van der Waals surface area (Å²) in [5.74, 6) is 0.304. The van der Waals surface area contributed by atoms with Gasteiger partial charge in [-0.3, -0.25) is 4.79 Å². The lowest BCUT2D eigenvalue weighted by Gasteiger charge is -2.04. The second-order valence-corrected chi connectivity index (χ2v) is 6.99. The Balaban J connectivity index is 1.59. The fraction of sp³-hybridized carbons (Fsp3) is 0.136. The number of benzene rings is 2. The molecule has 2 aromatic carbocycles. The van der Waals surface area contributed by atoms with Gasteiger partial charge < -0.3 is 9.26 Å². The molecule has 0 radical (unpaired) electrons. The van der Waals surface area contributed by atoms with Crippen LogP contribution in [0.15, 0.2) is 71.4 Å². The van der Waals surface area contributed by atoms with Gasteiger partial charge in [0.05, 0.1) is 17.8 Å². The Hall–Kier alpha value is -3.38. The number of ether oxygens (including phenoxy) is 1. The average molecular weight is 408 g/mol. The zero-order valence-corrected chi connectivity index (χ0v) is 16.5. The molecule has 0 atom stereocenters. The Labute approximate surface area is 172 Å². The van der Waals surface area contributed by atoms with Gasteiger partial charge in [-0.15, -0.1) is 0 Å². The number of hydrogen-bond donors (Lipinski definition) is 0. The van der Waals surface area contributed by atoms with Crippen molar-refractivity contribution in [2.24, 2.45) is 0 Å². The Kier molecular flexibility index (Phi) is 5.44. The molecule has 29 heavy (non-hydrogen) atoms. The Morgan fingerprint density at radius 3 is 2.59 bits per heavy atom. The first-order chi connectivity index (χ1) is 14.1. The van der Waals surface area contributed by atoms with Crippen LogP contribution in [0.5, 0.6) is 0 Å². The second kappa shape index (κ2) is 8.32. The molecule has 2 aromatic heterocycles. The predicted octanol–water partition coefficient (Wildman–Crippen LogP) is 4.78. The summed E-state index contributed by atoms with van der Waals surface area (Å²) < 4.78 is 12.1. The van der Waals surface area contributed by atoms with E-state index in [0.717, 1.165) is 16.8 Å². The average Bonchev–Trinajstić information content (AvgIpc) is 3.34. The number of para-hydroxylation sites is 1. The standard InChI is InChI=1S/C22H18ClN3O3/c1-15-11-19(25-29-15)14-28-21(27)12-17-13-26(20-5-3-2-4-6-20)24-22(17)16-7-9-18(23)10-8-16/h2-11,13H,12,14H2,1H3. The van der Waals surface area contributed by atoms with E-state index in [1.165, 1.54) is 0 Å². The van der Waals surface area contributed by atoms with Crippen LogP contribution in [0.4, 0.5) is 0 Å². The summed E-state index contributed by atoms with van der Waals surface area (Å²) in [6.45, 7) is 1.86. The number of carbonyl (C=O) groups excluding carboxylic acids is 1. The van der Waals surface area contributed by atoms with Crippen molar-refractivity contribution in [1.29, 1.82) is 0 Å². The highest BCUT2D eigenvalue weighted by molar-refractivity contribution is 6.30. The maximum atomic E-state index is 12.4. The molecule has 0 N–H and O–H groups in total. The number of nitrogens with zero attached hydrogens (tertiary/aromatic N) is 3. The number of carbonyl (C=O) groups is 1. The number of aryl methyl sites for hydroxylation is 1. The first-order valence-corrected chi connectivity index (χ1v) is 9.44. The van der Waals surface area contributed by atoms with E-state index in [9.17, 15) is 4.79 Å². The summed E-state index contributed by atoms with van der Waals surface area (Å²) >= 11 is 6.01. The lowest BCUT2D eigenvalue weighted by atomic mass is 10.1. The van der Waals surface area contributed by atoms with Crippen LogP contribution in [0.1, 0.15) is 17.0 Å². The highest BCUT2D eigenvalue weighted by atomic mass is 35.5. The Morgan fingerprint density at radius 1 is 1.14 bits per heavy atom. The van der Waals surface area contributed by atoms with Gasteiger partial charge in [0.2, 0.25) is 0 Å². The van der Waals surface area contributed by atoms with E-state index in [1.54, 1.807) is 29.8 Å². The van der Waals surface area contributed by atoms with Crippen molar-refractivity contribution in [3.05, 3.63) is 88.9 Å². The van der Waals surface area contributed by atoms with Gasteiger partial charge in [-0.05, 0) is 31.2 Å². The highest BCUT2D eigenvalue weighted by Gasteiger charge is 2.17. The van der Waals surface area contributed by atoms with E-state index >= 15 is 0 Å². The molecule has 4 rings (SSSR count). The second-order valence-electron chi connectivity index (χ2n) is 6.56.